The van der Waals surface area contributed by atoms with Crippen molar-refractivity contribution < 1.29 is 14.3 Å². The Balaban J connectivity index is 1.62. The van der Waals surface area contributed by atoms with Gasteiger partial charge in [-0.2, -0.15) is 0 Å². The molecule has 0 aliphatic carbocycles. The molecular formula is C16H24N2O3. The second-order valence-electron chi connectivity index (χ2n) is 5.10. The number of hydrogen-bond donors (Lipinski definition) is 1. The monoisotopic (exact) mass is 292 g/mol. The number of benzene rings is 1. The molecule has 21 heavy (non-hydrogen) atoms. The lowest BCUT2D eigenvalue weighted by atomic mass is 10.2. The van der Waals surface area contributed by atoms with E-state index >= 15 is 0 Å². The molecule has 0 saturated carbocycles. The van der Waals surface area contributed by atoms with E-state index < -0.39 is 0 Å². The maximum atomic E-state index is 11.6. The summed E-state index contributed by atoms with van der Waals surface area (Å²) in [6.07, 6.45) is 0.951. The SMILES string of the molecule is CCc1cccc(OCC(=O)OCCN2CCNCC2)c1. The highest BCUT2D eigenvalue weighted by molar-refractivity contribution is 5.71. The number of nitrogens with zero attached hydrogens (tertiary/aromatic N) is 1. The molecule has 0 atom stereocenters. The Labute approximate surface area is 126 Å². The lowest BCUT2D eigenvalue weighted by Gasteiger charge is -2.26. The van der Waals surface area contributed by atoms with Gasteiger partial charge in [0.2, 0.25) is 0 Å². The van der Waals surface area contributed by atoms with E-state index in [1.165, 1.54) is 5.56 Å². The molecule has 5 heteroatoms. The zero-order valence-electron chi connectivity index (χ0n) is 12.6. The van der Waals surface area contributed by atoms with Crippen LogP contribution in [-0.4, -0.2) is 56.8 Å². The van der Waals surface area contributed by atoms with Gasteiger partial charge in [0.1, 0.15) is 12.4 Å². The first kappa shape index (κ1) is 15.8. The van der Waals surface area contributed by atoms with Crippen LogP contribution in [0.3, 0.4) is 0 Å². The van der Waals surface area contributed by atoms with Crippen LogP contribution in [0.5, 0.6) is 5.75 Å². The maximum Gasteiger partial charge on any atom is 0.344 e. The van der Waals surface area contributed by atoms with Crippen LogP contribution < -0.4 is 10.1 Å². The van der Waals surface area contributed by atoms with Crippen molar-refractivity contribution in [1.29, 1.82) is 0 Å². The predicted octanol–water partition coefficient (Wildman–Crippen LogP) is 1.08. The standard InChI is InChI=1S/C16H24N2O3/c1-2-14-4-3-5-15(12-14)21-13-16(19)20-11-10-18-8-6-17-7-9-18/h3-5,12,17H,2,6-11,13H2,1H3. The Bertz CT molecular complexity index is 445. The number of carbonyl (C=O) groups is 1. The molecule has 0 amide bonds. The second kappa shape index (κ2) is 8.64. The molecule has 0 radical (unpaired) electrons. The largest absolute Gasteiger partial charge is 0.482 e. The topological polar surface area (TPSA) is 50.8 Å². The molecule has 1 aliphatic heterocycles. The lowest BCUT2D eigenvalue weighted by Crippen LogP contribution is -2.44. The van der Waals surface area contributed by atoms with Gasteiger partial charge in [-0.3, -0.25) is 4.90 Å². The molecule has 5 nitrogen and oxygen atoms in total. The minimum absolute atomic E-state index is 0.0330. The van der Waals surface area contributed by atoms with Crippen molar-refractivity contribution in [2.45, 2.75) is 13.3 Å². The molecule has 1 aromatic rings. The molecule has 2 rings (SSSR count). The molecule has 0 bridgehead atoms. The minimum Gasteiger partial charge on any atom is -0.482 e. The van der Waals surface area contributed by atoms with Crippen molar-refractivity contribution >= 4 is 5.97 Å². The third kappa shape index (κ3) is 5.73. The maximum absolute atomic E-state index is 11.6. The van der Waals surface area contributed by atoms with Gasteiger partial charge in [-0.05, 0) is 24.1 Å². The fraction of sp³-hybridized carbons (Fsp3) is 0.562. The average Bonchev–Trinajstić information content (AvgIpc) is 2.54. The number of aryl methyl sites for hydroxylation is 1. The fourth-order valence-corrected chi connectivity index (χ4v) is 2.26. The minimum atomic E-state index is -0.313. The summed E-state index contributed by atoms with van der Waals surface area (Å²) in [5, 5.41) is 3.29. The Morgan fingerprint density at radius 2 is 2.14 bits per heavy atom. The van der Waals surface area contributed by atoms with E-state index in [0.717, 1.165) is 39.1 Å². The summed E-state index contributed by atoms with van der Waals surface area (Å²) in [7, 11) is 0. The van der Waals surface area contributed by atoms with Gasteiger partial charge in [0.15, 0.2) is 6.61 Å². The average molecular weight is 292 g/mol. The summed E-state index contributed by atoms with van der Waals surface area (Å²) in [5.41, 5.74) is 1.19. The van der Waals surface area contributed by atoms with E-state index in [-0.39, 0.29) is 12.6 Å². The number of rotatable bonds is 7. The molecule has 1 saturated heterocycles. The Morgan fingerprint density at radius 3 is 2.90 bits per heavy atom. The summed E-state index contributed by atoms with van der Waals surface area (Å²) in [6, 6.07) is 7.78. The summed E-state index contributed by atoms with van der Waals surface area (Å²) >= 11 is 0. The molecule has 0 spiro atoms. The number of piperazine rings is 1. The van der Waals surface area contributed by atoms with Gasteiger partial charge in [0.05, 0.1) is 0 Å². The highest BCUT2D eigenvalue weighted by atomic mass is 16.6. The number of nitrogens with one attached hydrogen (secondary N) is 1. The molecule has 1 heterocycles. The predicted molar refractivity (Wildman–Crippen MR) is 81.6 cm³/mol. The van der Waals surface area contributed by atoms with Crippen molar-refractivity contribution in [2.24, 2.45) is 0 Å². The van der Waals surface area contributed by atoms with E-state index in [9.17, 15) is 4.79 Å². The Kier molecular flexibility index (Phi) is 6.50. The van der Waals surface area contributed by atoms with E-state index in [1.54, 1.807) is 0 Å². The van der Waals surface area contributed by atoms with E-state index in [1.807, 2.05) is 24.3 Å². The van der Waals surface area contributed by atoms with Crippen molar-refractivity contribution in [3.63, 3.8) is 0 Å². The molecule has 0 unspecified atom stereocenters. The molecule has 1 N–H and O–H groups in total. The number of carbonyl (C=O) groups excluding carboxylic acids is 1. The van der Waals surface area contributed by atoms with Crippen LogP contribution >= 0.6 is 0 Å². The van der Waals surface area contributed by atoms with Gasteiger partial charge in [-0.1, -0.05) is 19.1 Å². The van der Waals surface area contributed by atoms with Crippen molar-refractivity contribution in [2.75, 3.05) is 45.9 Å². The van der Waals surface area contributed by atoms with Crippen LogP contribution in [0.4, 0.5) is 0 Å². The van der Waals surface area contributed by atoms with Gasteiger partial charge in [0.25, 0.3) is 0 Å². The van der Waals surface area contributed by atoms with Gasteiger partial charge in [-0.15, -0.1) is 0 Å². The van der Waals surface area contributed by atoms with Crippen LogP contribution in [-0.2, 0) is 16.0 Å². The highest BCUT2D eigenvalue weighted by Gasteiger charge is 2.10. The zero-order chi connectivity index (χ0) is 14.9. The van der Waals surface area contributed by atoms with E-state index in [0.29, 0.717) is 12.4 Å². The lowest BCUT2D eigenvalue weighted by molar-refractivity contribution is -0.146. The van der Waals surface area contributed by atoms with Crippen molar-refractivity contribution in [3.05, 3.63) is 29.8 Å². The Morgan fingerprint density at radius 1 is 1.33 bits per heavy atom. The van der Waals surface area contributed by atoms with Crippen LogP contribution in [0.25, 0.3) is 0 Å². The molecule has 0 aromatic heterocycles. The molecule has 1 aromatic carbocycles. The number of hydrogen-bond acceptors (Lipinski definition) is 5. The zero-order valence-corrected chi connectivity index (χ0v) is 12.6. The number of esters is 1. The van der Waals surface area contributed by atoms with Crippen LogP contribution in [0.1, 0.15) is 12.5 Å². The van der Waals surface area contributed by atoms with Crippen molar-refractivity contribution in [3.8, 4) is 5.75 Å². The van der Waals surface area contributed by atoms with E-state index in [2.05, 4.69) is 17.1 Å². The smallest absolute Gasteiger partial charge is 0.344 e. The van der Waals surface area contributed by atoms with Crippen LogP contribution in [0.2, 0.25) is 0 Å². The highest BCUT2D eigenvalue weighted by Crippen LogP contribution is 2.13. The first-order valence-electron chi connectivity index (χ1n) is 7.58. The summed E-state index contributed by atoms with van der Waals surface area (Å²) in [5.74, 6) is 0.403. The summed E-state index contributed by atoms with van der Waals surface area (Å²) in [6.45, 7) is 7.31. The third-order valence-corrected chi connectivity index (χ3v) is 3.54. The quantitative estimate of drug-likeness (QED) is 0.762. The van der Waals surface area contributed by atoms with Crippen LogP contribution in [0, 0.1) is 0 Å². The molecule has 1 fully saturated rings. The van der Waals surface area contributed by atoms with E-state index in [4.69, 9.17) is 9.47 Å². The molecular weight excluding hydrogens is 268 g/mol. The van der Waals surface area contributed by atoms with Gasteiger partial charge in [0, 0.05) is 32.7 Å². The van der Waals surface area contributed by atoms with Crippen LogP contribution in [0.15, 0.2) is 24.3 Å². The number of ether oxygens (including phenoxy) is 2. The summed E-state index contributed by atoms with van der Waals surface area (Å²) < 4.78 is 10.7. The second-order valence-corrected chi connectivity index (χ2v) is 5.10. The summed E-state index contributed by atoms with van der Waals surface area (Å²) in [4.78, 5) is 13.9. The normalized spacial score (nSPS) is 15.7. The van der Waals surface area contributed by atoms with Gasteiger partial charge >= 0.3 is 5.97 Å². The fourth-order valence-electron chi connectivity index (χ4n) is 2.26. The van der Waals surface area contributed by atoms with Gasteiger partial charge < -0.3 is 14.8 Å². The Hall–Kier alpha value is -1.59. The van der Waals surface area contributed by atoms with Gasteiger partial charge in [-0.25, -0.2) is 4.79 Å². The third-order valence-electron chi connectivity index (χ3n) is 3.54. The first-order chi connectivity index (χ1) is 10.3. The first-order valence-corrected chi connectivity index (χ1v) is 7.58. The molecule has 116 valence electrons. The van der Waals surface area contributed by atoms with Crippen molar-refractivity contribution in [1.82, 2.24) is 10.2 Å². The molecule has 1 aliphatic rings.